The molecule has 12 rings (SSSR count). The summed E-state index contributed by atoms with van der Waals surface area (Å²) < 4.78 is 0.0310. The number of hydrogen-bond acceptors (Lipinski definition) is 6. The highest BCUT2D eigenvalue weighted by Crippen LogP contribution is 2.65. The van der Waals surface area contributed by atoms with Crippen LogP contribution in [0, 0.1) is 35.5 Å². The highest BCUT2D eigenvalue weighted by molar-refractivity contribution is 8.01. The van der Waals surface area contributed by atoms with Crippen LogP contribution in [0.2, 0.25) is 0 Å². The topological polar surface area (TPSA) is 42.6 Å². The van der Waals surface area contributed by atoms with E-state index in [4.69, 9.17) is 6.58 Å². The molecule has 6 heteroatoms. The van der Waals surface area contributed by atoms with Crippen LogP contribution in [0.25, 0.3) is 16.7 Å². The molecule has 0 saturated carbocycles. The normalized spacial score (nSPS) is 36.2. The first-order valence-electron chi connectivity index (χ1n) is 27.4. The van der Waals surface area contributed by atoms with Crippen LogP contribution < -0.4 is 20.9 Å². The molecule has 4 aliphatic carbocycles. The smallest absolute Gasteiger partial charge is 0.0941 e. The van der Waals surface area contributed by atoms with E-state index in [1.165, 1.54) is 58.3 Å². The number of nitrogens with one attached hydrogen (secondary N) is 3. The van der Waals surface area contributed by atoms with E-state index in [2.05, 4.69) is 247 Å². The lowest BCUT2D eigenvalue weighted by Crippen LogP contribution is -2.74. The van der Waals surface area contributed by atoms with E-state index in [1.54, 1.807) is 5.70 Å². The monoisotopic (exact) mass is 970 g/mol. The van der Waals surface area contributed by atoms with Crippen molar-refractivity contribution >= 4 is 23.0 Å². The predicted molar refractivity (Wildman–Crippen MR) is 304 cm³/mol. The van der Waals surface area contributed by atoms with Crippen LogP contribution in [0.3, 0.4) is 0 Å². The fraction of sp³-hybridized carbons (Fsp3) is 0.394. The van der Waals surface area contributed by atoms with Gasteiger partial charge in [-0.3, -0.25) is 15.5 Å². The van der Waals surface area contributed by atoms with Gasteiger partial charge in [-0.2, -0.15) is 0 Å². The molecule has 4 aromatic carbocycles. The molecule has 4 heterocycles. The predicted octanol–water partition coefficient (Wildman–Crippen LogP) is 14.1. The van der Waals surface area contributed by atoms with E-state index in [-0.39, 0.29) is 29.0 Å². The number of hydrogen-bond donors (Lipinski definition) is 3. The standard InChI is InChI=1S/C66H75N5S/c1-6-7-12-24-44(2)66(4)68-63(47-29-17-10-18-30-47)70(5)64(69-66)56-42-51(50-40-48(45-25-13-8-14-26-45)39-49(41-50)46-27-15-9-16-28-46)43-67-60(56)58-35-23-34-57-55-38-37-54-53-33-21-22-36-59(53)71(52-31-19-11-20-32-52)61(54)62(55)72-65(57,58)3/h6-8,10-15,17-20,23-32,34,36-41,51,53-58,60-64,67-69H,2,9,16,21-22,33,35,42-43H2,1,3-5H3/b7-6-,24-12-. The molecule has 5 nitrogen and oxygen atoms in total. The molecule has 0 radical (unpaired) electrons. The summed E-state index contributed by atoms with van der Waals surface area (Å²) in [5.74, 6) is 3.08. The Morgan fingerprint density at radius 2 is 1.54 bits per heavy atom. The number of allylic oxidation sites excluding steroid dienone is 12. The maximum absolute atomic E-state index is 4.78. The molecule has 8 aliphatic rings. The Morgan fingerprint density at radius 1 is 0.778 bits per heavy atom. The van der Waals surface area contributed by atoms with Crippen molar-refractivity contribution in [3.05, 3.63) is 217 Å². The van der Waals surface area contributed by atoms with E-state index in [0.29, 0.717) is 46.8 Å². The Balaban J connectivity index is 0.954. The quantitative estimate of drug-likeness (QED) is 0.109. The molecule has 3 N–H and O–H groups in total. The summed E-state index contributed by atoms with van der Waals surface area (Å²) in [6.07, 6.45) is 37.1. The number of piperidine rings is 1. The van der Waals surface area contributed by atoms with Crippen LogP contribution in [0.5, 0.6) is 0 Å². The molecule has 14 atom stereocenters. The first kappa shape index (κ1) is 47.8. The lowest BCUT2D eigenvalue weighted by Gasteiger charge is -2.57. The van der Waals surface area contributed by atoms with Crippen LogP contribution in [0.1, 0.15) is 94.5 Å². The van der Waals surface area contributed by atoms with Gasteiger partial charge < -0.3 is 10.2 Å². The van der Waals surface area contributed by atoms with E-state index in [9.17, 15) is 0 Å². The second-order valence-corrected chi connectivity index (χ2v) is 24.3. The van der Waals surface area contributed by atoms with Gasteiger partial charge in [-0.25, -0.2) is 0 Å². The van der Waals surface area contributed by atoms with Crippen molar-refractivity contribution in [1.29, 1.82) is 0 Å². The zero-order valence-electron chi connectivity index (χ0n) is 42.9. The van der Waals surface area contributed by atoms with Crippen LogP contribution in [0.4, 0.5) is 5.69 Å². The molecule has 4 aliphatic heterocycles. The highest BCUT2D eigenvalue weighted by Gasteiger charge is 2.64. The molecular formula is C66H75N5S. The number of anilines is 1. The maximum Gasteiger partial charge on any atom is 0.0941 e. The van der Waals surface area contributed by atoms with Gasteiger partial charge in [0.05, 0.1) is 24.0 Å². The largest absolute Gasteiger partial charge is 0.340 e. The summed E-state index contributed by atoms with van der Waals surface area (Å²) >= 11 is 2.38. The van der Waals surface area contributed by atoms with Gasteiger partial charge in [0, 0.05) is 51.7 Å². The van der Waals surface area contributed by atoms with Gasteiger partial charge in [0.15, 0.2) is 0 Å². The molecule has 4 saturated heterocycles. The van der Waals surface area contributed by atoms with E-state index < -0.39 is 5.66 Å². The SMILES string of the molecule is C=C(/C=C\C=C/C)C1(C)NC(c2ccccc2)N(C)C(C2CC(c3cc(C4=CCCC=C4)cc(-c4ccccc4)c3)CNC2C2CC=CC3C4C=CC5C6CCCC=C6N(c6ccccc6)C5C4SC32C)N1. The van der Waals surface area contributed by atoms with Crippen LogP contribution in [-0.4, -0.2) is 52.4 Å². The molecule has 72 heavy (non-hydrogen) atoms. The molecule has 0 aromatic heterocycles. The van der Waals surface area contributed by atoms with Crippen molar-refractivity contribution in [2.75, 3.05) is 18.5 Å². The van der Waals surface area contributed by atoms with Gasteiger partial charge in [-0.15, -0.1) is 11.8 Å². The average Bonchev–Trinajstić information content (AvgIpc) is 3.94. The Kier molecular flexibility index (Phi) is 13.2. The average molecular weight is 970 g/mol. The third-order valence-electron chi connectivity index (χ3n) is 18.5. The minimum Gasteiger partial charge on any atom is -0.340 e. The fourth-order valence-corrected chi connectivity index (χ4v) is 17.2. The second kappa shape index (κ2) is 19.9. The van der Waals surface area contributed by atoms with Gasteiger partial charge in [-0.05, 0) is 154 Å². The molecule has 4 aromatic rings. The summed E-state index contributed by atoms with van der Waals surface area (Å²) in [7, 11) is 2.36. The summed E-state index contributed by atoms with van der Waals surface area (Å²) in [4.78, 5) is 5.46. The van der Waals surface area contributed by atoms with Crippen molar-refractivity contribution in [1.82, 2.24) is 20.9 Å². The Hall–Kier alpha value is -5.21. The first-order chi connectivity index (χ1) is 35.2. The highest BCUT2D eigenvalue weighted by atomic mass is 32.2. The van der Waals surface area contributed by atoms with Gasteiger partial charge in [0.25, 0.3) is 0 Å². The number of rotatable bonds is 10. The zero-order valence-corrected chi connectivity index (χ0v) is 43.7. The minimum atomic E-state index is -0.571. The summed E-state index contributed by atoms with van der Waals surface area (Å²) in [5, 5.41) is 13.5. The molecule has 0 spiro atoms. The molecular weight excluding hydrogens is 895 g/mol. The molecule has 0 bridgehead atoms. The zero-order chi connectivity index (χ0) is 49.0. The van der Waals surface area contributed by atoms with Crippen molar-refractivity contribution in [2.45, 2.75) is 112 Å². The molecule has 4 fully saturated rings. The summed E-state index contributed by atoms with van der Waals surface area (Å²) in [6, 6.07) is 41.8. The number of nitrogens with zero attached hydrogens (tertiary/aromatic N) is 2. The molecule has 0 amide bonds. The van der Waals surface area contributed by atoms with Gasteiger partial charge in [0.2, 0.25) is 0 Å². The van der Waals surface area contributed by atoms with Crippen molar-refractivity contribution < 1.29 is 0 Å². The third-order valence-corrected chi connectivity index (χ3v) is 20.5. The lowest BCUT2D eigenvalue weighted by atomic mass is 9.62. The Labute approximate surface area is 435 Å². The van der Waals surface area contributed by atoms with E-state index in [1.807, 2.05) is 0 Å². The molecule has 14 unspecified atom stereocenters. The number of thioether (sulfide) groups is 1. The summed E-state index contributed by atoms with van der Waals surface area (Å²) in [6.45, 7) is 12.8. The van der Waals surface area contributed by atoms with Crippen LogP contribution in [0.15, 0.2) is 200 Å². The summed E-state index contributed by atoms with van der Waals surface area (Å²) in [5.41, 5.74) is 11.4. The van der Waals surface area contributed by atoms with Gasteiger partial charge >= 0.3 is 0 Å². The second-order valence-electron chi connectivity index (χ2n) is 22.6. The van der Waals surface area contributed by atoms with Crippen molar-refractivity contribution in [3.63, 3.8) is 0 Å². The van der Waals surface area contributed by atoms with Gasteiger partial charge in [-0.1, -0.05) is 170 Å². The maximum atomic E-state index is 4.78. The number of fused-ring (bicyclic) bond motifs is 7. The van der Waals surface area contributed by atoms with E-state index >= 15 is 0 Å². The Morgan fingerprint density at radius 3 is 2.32 bits per heavy atom. The first-order valence-corrected chi connectivity index (χ1v) is 28.3. The van der Waals surface area contributed by atoms with Gasteiger partial charge in [0.1, 0.15) is 0 Å². The van der Waals surface area contributed by atoms with Crippen molar-refractivity contribution in [2.24, 2.45) is 35.5 Å². The minimum absolute atomic E-state index is 0.0266. The van der Waals surface area contributed by atoms with E-state index in [0.717, 1.165) is 37.8 Å². The van der Waals surface area contributed by atoms with Crippen LogP contribution >= 0.6 is 11.8 Å². The van der Waals surface area contributed by atoms with Crippen LogP contribution in [-0.2, 0) is 0 Å². The third kappa shape index (κ3) is 8.53. The Bertz CT molecular complexity index is 2840. The van der Waals surface area contributed by atoms with Crippen molar-refractivity contribution in [3.8, 4) is 11.1 Å². The molecule has 370 valence electrons. The number of benzene rings is 4. The fourth-order valence-electron chi connectivity index (χ4n) is 14.9. The number of para-hydroxylation sites is 1. The lowest BCUT2D eigenvalue weighted by molar-refractivity contribution is -0.0400.